The monoisotopic (exact) mass is 250 g/mol. The van der Waals surface area contributed by atoms with E-state index in [1.165, 1.54) is 25.7 Å². The second kappa shape index (κ2) is 6.44. The average molecular weight is 250 g/mol. The Bertz CT molecular complexity index is 368. The molecule has 0 saturated heterocycles. The molecule has 1 fully saturated rings. The van der Waals surface area contributed by atoms with E-state index in [2.05, 4.69) is 17.2 Å². The van der Waals surface area contributed by atoms with Crippen molar-refractivity contribution in [2.45, 2.75) is 45.2 Å². The normalized spacial score (nSPS) is 17.1. The van der Waals surface area contributed by atoms with Gasteiger partial charge >= 0.3 is 0 Å². The molecular weight excluding hydrogens is 228 g/mol. The number of nitrogens with two attached hydrogens (primary N) is 1. The van der Waals surface area contributed by atoms with Crippen LogP contribution in [0.1, 0.15) is 38.4 Å². The molecular formula is C13H22N4O. The van der Waals surface area contributed by atoms with Gasteiger partial charge in [0.1, 0.15) is 5.76 Å². The zero-order valence-electron chi connectivity index (χ0n) is 10.9. The van der Waals surface area contributed by atoms with Crippen LogP contribution in [-0.4, -0.2) is 23.4 Å². The number of hydrogen-bond acceptors (Lipinski definition) is 3. The van der Waals surface area contributed by atoms with Gasteiger partial charge < -0.3 is 9.32 Å². The SMILES string of the molecule is CCN(Cc1ccco1)C(=NC1CCCC1)NN. The van der Waals surface area contributed by atoms with Crippen LogP contribution in [0.15, 0.2) is 27.8 Å². The Morgan fingerprint density at radius 1 is 1.56 bits per heavy atom. The minimum atomic E-state index is 0.418. The Morgan fingerprint density at radius 3 is 2.89 bits per heavy atom. The van der Waals surface area contributed by atoms with Crippen LogP contribution in [0.2, 0.25) is 0 Å². The third kappa shape index (κ3) is 3.26. The summed E-state index contributed by atoms with van der Waals surface area (Å²) in [5.74, 6) is 7.29. The topological polar surface area (TPSA) is 66.8 Å². The lowest BCUT2D eigenvalue weighted by molar-refractivity contribution is 0.362. The standard InChI is InChI=1S/C13H22N4O/c1-2-17(10-12-8-5-9-18-12)13(16-14)15-11-6-3-4-7-11/h5,8-9,11H,2-4,6-7,10,14H2,1H3,(H,15,16). The lowest BCUT2D eigenvalue weighted by atomic mass is 10.3. The minimum Gasteiger partial charge on any atom is -0.467 e. The number of furan rings is 1. The number of rotatable bonds is 4. The molecule has 0 bridgehead atoms. The van der Waals surface area contributed by atoms with Crippen molar-refractivity contribution < 1.29 is 4.42 Å². The molecule has 0 amide bonds. The van der Waals surface area contributed by atoms with E-state index in [9.17, 15) is 0 Å². The van der Waals surface area contributed by atoms with E-state index in [1.54, 1.807) is 6.26 Å². The summed E-state index contributed by atoms with van der Waals surface area (Å²) >= 11 is 0. The van der Waals surface area contributed by atoms with Crippen molar-refractivity contribution in [3.8, 4) is 0 Å². The van der Waals surface area contributed by atoms with Crippen LogP contribution >= 0.6 is 0 Å². The first kappa shape index (κ1) is 13.0. The first-order valence-electron chi connectivity index (χ1n) is 6.65. The smallest absolute Gasteiger partial charge is 0.209 e. The molecule has 1 aliphatic rings. The summed E-state index contributed by atoms with van der Waals surface area (Å²) in [6.07, 6.45) is 6.58. The number of nitrogens with one attached hydrogen (secondary N) is 1. The van der Waals surface area contributed by atoms with Crippen molar-refractivity contribution in [3.63, 3.8) is 0 Å². The summed E-state index contributed by atoms with van der Waals surface area (Å²) in [6.45, 7) is 3.63. The maximum Gasteiger partial charge on any atom is 0.209 e. The lowest BCUT2D eigenvalue weighted by Gasteiger charge is -2.24. The molecule has 0 atom stereocenters. The molecule has 5 heteroatoms. The molecule has 0 radical (unpaired) electrons. The number of aliphatic imine (C=N–C) groups is 1. The van der Waals surface area contributed by atoms with Crippen LogP contribution in [-0.2, 0) is 6.54 Å². The van der Waals surface area contributed by atoms with Crippen LogP contribution in [0.25, 0.3) is 0 Å². The maximum absolute atomic E-state index is 5.60. The first-order valence-corrected chi connectivity index (χ1v) is 6.65. The summed E-state index contributed by atoms with van der Waals surface area (Å²) in [6, 6.07) is 4.28. The van der Waals surface area contributed by atoms with Crippen LogP contribution in [0.5, 0.6) is 0 Å². The van der Waals surface area contributed by atoms with Crippen LogP contribution < -0.4 is 11.3 Å². The van der Waals surface area contributed by atoms with Crippen molar-refractivity contribution >= 4 is 5.96 Å². The highest BCUT2D eigenvalue weighted by Gasteiger charge is 2.17. The van der Waals surface area contributed by atoms with E-state index in [0.717, 1.165) is 18.3 Å². The molecule has 1 aromatic heterocycles. The Balaban J connectivity index is 2.03. The molecule has 1 saturated carbocycles. The number of hydrogen-bond donors (Lipinski definition) is 2. The van der Waals surface area contributed by atoms with Gasteiger partial charge in [-0.3, -0.25) is 5.43 Å². The molecule has 18 heavy (non-hydrogen) atoms. The maximum atomic E-state index is 5.60. The second-order valence-corrected chi connectivity index (χ2v) is 4.63. The fourth-order valence-electron chi connectivity index (χ4n) is 2.34. The molecule has 1 heterocycles. The van der Waals surface area contributed by atoms with Crippen molar-refractivity contribution in [1.29, 1.82) is 0 Å². The molecule has 0 aromatic carbocycles. The molecule has 0 unspecified atom stereocenters. The van der Waals surface area contributed by atoms with Crippen LogP contribution in [0, 0.1) is 0 Å². The van der Waals surface area contributed by atoms with Crippen LogP contribution in [0.4, 0.5) is 0 Å². The molecule has 2 rings (SSSR count). The predicted molar refractivity (Wildman–Crippen MR) is 71.8 cm³/mol. The van der Waals surface area contributed by atoms with Gasteiger partial charge in [-0.1, -0.05) is 12.8 Å². The number of hydrazine groups is 1. The van der Waals surface area contributed by atoms with Gasteiger partial charge in [-0.15, -0.1) is 0 Å². The Hall–Kier alpha value is -1.49. The minimum absolute atomic E-state index is 0.418. The Kier molecular flexibility index (Phi) is 4.64. The van der Waals surface area contributed by atoms with Gasteiger partial charge in [-0.05, 0) is 31.9 Å². The van der Waals surface area contributed by atoms with E-state index in [0.29, 0.717) is 12.6 Å². The molecule has 5 nitrogen and oxygen atoms in total. The summed E-state index contributed by atoms with van der Waals surface area (Å²) in [5.41, 5.74) is 2.73. The molecule has 0 spiro atoms. The third-order valence-corrected chi connectivity index (χ3v) is 3.37. The lowest BCUT2D eigenvalue weighted by Crippen LogP contribution is -2.45. The first-order chi connectivity index (χ1) is 8.83. The van der Waals surface area contributed by atoms with Gasteiger partial charge in [-0.25, -0.2) is 10.8 Å². The molecule has 3 N–H and O–H groups in total. The molecule has 100 valence electrons. The van der Waals surface area contributed by atoms with E-state index < -0.39 is 0 Å². The summed E-state index contributed by atoms with van der Waals surface area (Å²) in [7, 11) is 0. The zero-order chi connectivity index (χ0) is 12.8. The second-order valence-electron chi connectivity index (χ2n) is 4.63. The quantitative estimate of drug-likeness (QED) is 0.370. The van der Waals surface area contributed by atoms with Crippen molar-refractivity contribution in [1.82, 2.24) is 10.3 Å². The number of guanidine groups is 1. The van der Waals surface area contributed by atoms with Crippen molar-refractivity contribution in [2.24, 2.45) is 10.8 Å². The van der Waals surface area contributed by atoms with E-state index in [4.69, 9.17) is 15.3 Å². The van der Waals surface area contributed by atoms with Gasteiger partial charge in [0.2, 0.25) is 5.96 Å². The van der Waals surface area contributed by atoms with Gasteiger partial charge in [-0.2, -0.15) is 0 Å². The highest BCUT2D eigenvalue weighted by atomic mass is 16.3. The molecule has 1 aromatic rings. The summed E-state index contributed by atoms with van der Waals surface area (Å²) in [4.78, 5) is 6.80. The van der Waals surface area contributed by atoms with Gasteiger partial charge in [0.05, 0.1) is 18.8 Å². The Morgan fingerprint density at radius 2 is 2.33 bits per heavy atom. The molecule has 1 aliphatic carbocycles. The largest absolute Gasteiger partial charge is 0.467 e. The predicted octanol–water partition coefficient (Wildman–Crippen LogP) is 1.86. The summed E-state index contributed by atoms with van der Waals surface area (Å²) in [5, 5.41) is 0. The third-order valence-electron chi connectivity index (χ3n) is 3.37. The fraction of sp³-hybridized carbons (Fsp3) is 0.615. The zero-order valence-corrected chi connectivity index (χ0v) is 10.9. The number of nitrogens with zero attached hydrogens (tertiary/aromatic N) is 2. The molecule has 0 aliphatic heterocycles. The Labute approximate surface area is 108 Å². The summed E-state index contributed by atoms with van der Waals surface area (Å²) < 4.78 is 5.37. The van der Waals surface area contributed by atoms with Gasteiger partial charge in [0, 0.05) is 6.54 Å². The highest BCUT2D eigenvalue weighted by Crippen LogP contribution is 2.21. The fourth-order valence-corrected chi connectivity index (χ4v) is 2.34. The van der Waals surface area contributed by atoms with E-state index in [-0.39, 0.29) is 0 Å². The van der Waals surface area contributed by atoms with E-state index >= 15 is 0 Å². The van der Waals surface area contributed by atoms with Gasteiger partial charge in [0.25, 0.3) is 0 Å². The van der Waals surface area contributed by atoms with Crippen molar-refractivity contribution in [3.05, 3.63) is 24.2 Å². The van der Waals surface area contributed by atoms with Gasteiger partial charge in [0.15, 0.2) is 0 Å². The van der Waals surface area contributed by atoms with Crippen LogP contribution in [0.3, 0.4) is 0 Å². The highest BCUT2D eigenvalue weighted by molar-refractivity contribution is 5.79. The van der Waals surface area contributed by atoms with Crippen molar-refractivity contribution in [2.75, 3.05) is 6.54 Å². The van der Waals surface area contributed by atoms with E-state index in [1.807, 2.05) is 12.1 Å². The average Bonchev–Trinajstić information content (AvgIpc) is 3.06.